The Kier molecular flexibility index (Phi) is 6.32. The van der Waals surface area contributed by atoms with Crippen molar-refractivity contribution in [2.75, 3.05) is 25.0 Å². The van der Waals surface area contributed by atoms with Gasteiger partial charge in [0.2, 0.25) is 5.95 Å². The van der Waals surface area contributed by atoms with Crippen LogP contribution in [0.15, 0.2) is 41.1 Å². The molecule has 1 fully saturated rings. The van der Waals surface area contributed by atoms with E-state index >= 15 is 0 Å². The van der Waals surface area contributed by atoms with Gasteiger partial charge in [-0.15, -0.1) is 0 Å². The molecule has 2 unspecified atom stereocenters. The van der Waals surface area contributed by atoms with E-state index in [1.807, 2.05) is 30.3 Å². The number of hydrogen-bond acceptors (Lipinski definition) is 8. The zero-order valence-electron chi connectivity index (χ0n) is 21.7. The smallest absolute Gasteiger partial charge is 0.407 e. The Morgan fingerprint density at radius 2 is 2.03 bits per heavy atom. The van der Waals surface area contributed by atoms with Gasteiger partial charge in [-0.1, -0.05) is 25.9 Å². The van der Waals surface area contributed by atoms with E-state index < -0.39 is 6.09 Å². The molecule has 1 aliphatic heterocycles. The number of pyridine rings is 1. The van der Waals surface area contributed by atoms with Crippen molar-refractivity contribution in [3.63, 3.8) is 0 Å². The number of hydrogen-bond donors (Lipinski definition) is 3. The third-order valence-electron chi connectivity index (χ3n) is 6.97. The third-order valence-corrected chi connectivity index (χ3v) is 6.97. The number of benzene rings is 1. The Bertz CT molecular complexity index is 1420. The number of anilines is 2. The maximum atomic E-state index is 11.8. The molecule has 37 heavy (non-hydrogen) atoms. The summed E-state index contributed by atoms with van der Waals surface area (Å²) in [5.74, 6) is 2.30. The molecule has 4 heterocycles. The van der Waals surface area contributed by atoms with Gasteiger partial charge in [0.25, 0.3) is 5.89 Å². The lowest BCUT2D eigenvalue weighted by molar-refractivity contribution is 0.00820. The van der Waals surface area contributed by atoms with Crippen molar-refractivity contribution >= 4 is 28.9 Å². The second kappa shape index (κ2) is 9.47. The van der Waals surface area contributed by atoms with Crippen LogP contribution in [0, 0.1) is 12.3 Å². The molecule has 5 rings (SSSR count). The van der Waals surface area contributed by atoms with E-state index in [2.05, 4.69) is 63.0 Å². The number of aryl methyl sites for hydroxylation is 1. The van der Waals surface area contributed by atoms with E-state index in [1.54, 1.807) is 18.0 Å². The first kappa shape index (κ1) is 24.7. The number of amides is 1. The first-order chi connectivity index (χ1) is 17.6. The topological polar surface area (TPSA) is 136 Å². The summed E-state index contributed by atoms with van der Waals surface area (Å²) >= 11 is 0. The first-order valence-electron chi connectivity index (χ1n) is 12.4. The predicted molar refractivity (Wildman–Crippen MR) is 140 cm³/mol. The van der Waals surface area contributed by atoms with Gasteiger partial charge < -0.3 is 24.8 Å². The van der Waals surface area contributed by atoms with Crippen molar-refractivity contribution in [2.24, 2.45) is 5.41 Å². The molecule has 11 heteroatoms. The fourth-order valence-electron chi connectivity index (χ4n) is 4.85. The van der Waals surface area contributed by atoms with Crippen LogP contribution in [0.3, 0.4) is 0 Å². The van der Waals surface area contributed by atoms with E-state index in [0.717, 1.165) is 22.2 Å². The van der Waals surface area contributed by atoms with Crippen molar-refractivity contribution < 1.29 is 14.4 Å². The number of H-pyrrole nitrogens is 1. The van der Waals surface area contributed by atoms with Crippen LogP contribution in [0.5, 0.6) is 0 Å². The number of imidazole rings is 1. The van der Waals surface area contributed by atoms with Gasteiger partial charge in [-0.05, 0) is 55.2 Å². The summed E-state index contributed by atoms with van der Waals surface area (Å²) < 4.78 is 5.27. The largest absolute Gasteiger partial charge is 0.465 e. The minimum Gasteiger partial charge on any atom is -0.465 e. The molecule has 3 N–H and O–H groups in total. The normalized spacial score (nSPS) is 17.8. The molecule has 2 atom stereocenters. The van der Waals surface area contributed by atoms with Crippen LogP contribution >= 0.6 is 0 Å². The molecule has 4 aromatic rings. The van der Waals surface area contributed by atoms with Crippen molar-refractivity contribution in [1.29, 1.82) is 0 Å². The van der Waals surface area contributed by atoms with Gasteiger partial charge in [0, 0.05) is 37.4 Å². The number of piperazine rings is 1. The minimum absolute atomic E-state index is 0.0860. The highest BCUT2D eigenvalue weighted by Crippen LogP contribution is 2.32. The molecule has 1 amide bonds. The standard InChI is InChI=1S/C26H32N8O3/c1-15(33-10-11-34(25(35)36)21(14-33)26(3,4)5)17-8-9-27-22(13-17)31-24-29-19-7-6-18(12-20(19)30-24)23-28-16(2)32-37-23/h6-9,12-13,15,21H,10-11,14H2,1-5H3,(H,35,36)(H2,27,29,30,31). The number of nitrogens with one attached hydrogen (secondary N) is 2. The van der Waals surface area contributed by atoms with Crippen LogP contribution < -0.4 is 5.32 Å². The average molecular weight is 505 g/mol. The molecule has 0 aliphatic carbocycles. The minimum atomic E-state index is -0.854. The predicted octanol–water partition coefficient (Wildman–Crippen LogP) is 4.83. The number of nitrogens with zero attached hydrogens (tertiary/aromatic N) is 6. The van der Waals surface area contributed by atoms with Crippen molar-refractivity contribution in [2.45, 2.75) is 46.7 Å². The van der Waals surface area contributed by atoms with Crippen molar-refractivity contribution in [3.8, 4) is 11.5 Å². The maximum Gasteiger partial charge on any atom is 0.407 e. The molecule has 3 aromatic heterocycles. The average Bonchev–Trinajstić information content (AvgIpc) is 3.47. The van der Waals surface area contributed by atoms with E-state index in [-0.39, 0.29) is 17.5 Å². The molecular formula is C26H32N8O3. The molecular weight excluding hydrogens is 472 g/mol. The molecule has 0 bridgehead atoms. The van der Waals surface area contributed by atoms with Crippen LogP contribution in [0.1, 0.15) is 45.1 Å². The van der Waals surface area contributed by atoms with Gasteiger partial charge in [0.1, 0.15) is 5.82 Å². The second-order valence-electron chi connectivity index (χ2n) is 10.6. The van der Waals surface area contributed by atoms with Gasteiger partial charge >= 0.3 is 6.09 Å². The lowest BCUT2D eigenvalue weighted by atomic mass is 9.84. The number of carbonyl (C=O) groups is 1. The van der Waals surface area contributed by atoms with Gasteiger partial charge in [-0.2, -0.15) is 4.98 Å². The van der Waals surface area contributed by atoms with Crippen molar-refractivity contribution in [1.82, 2.24) is 34.9 Å². The van der Waals surface area contributed by atoms with E-state index in [0.29, 0.717) is 43.1 Å². The van der Waals surface area contributed by atoms with E-state index in [1.165, 1.54) is 0 Å². The Balaban J connectivity index is 1.32. The summed E-state index contributed by atoms with van der Waals surface area (Å²) in [6, 6.07) is 9.76. The van der Waals surface area contributed by atoms with Gasteiger partial charge in [0.05, 0.1) is 17.1 Å². The zero-order chi connectivity index (χ0) is 26.3. The summed E-state index contributed by atoms with van der Waals surface area (Å²) in [6.45, 7) is 12.1. The fourth-order valence-corrected chi connectivity index (χ4v) is 4.85. The SMILES string of the molecule is Cc1noc(-c2ccc3nc(Nc4cc(C(C)N5CCN(C(=O)O)C(C(C)(C)C)C5)ccn4)[nH]c3c2)n1. The summed E-state index contributed by atoms with van der Waals surface area (Å²) in [4.78, 5) is 32.4. The van der Waals surface area contributed by atoms with E-state index in [4.69, 9.17) is 4.52 Å². The molecule has 1 saturated heterocycles. The molecule has 11 nitrogen and oxygen atoms in total. The Morgan fingerprint density at radius 1 is 1.22 bits per heavy atom. The highest BCUT2D eigenvalue weighted by atomic mass is 16.5. The number of aromatic amines is 1. The van der Waals surface area contributed by atoms with Gasteiger partial charge in [-0.25, -0.2) is 14.8 Å². The molecule has 0 saturated carbocycles. The first-order valence-corrected chi connectivity index (χ1v) is 12.4. The summed E-state index contributed by atoms with van der Waals surface area (Å²) in [5, 5.41) is 16.8. The highest BCUT2D eigenvalue weighted by Gasteiger charge is 2.39. The highest BCUT2D eigenvalue weighted by molar-refractivity contribution is 5.82. The molecule has 1 aromatic carbocycles. The monoisotopic (exact) mass is 504 g/mol. The maximum absolute atomic E-state index is 11.8. The van der Waals surface area contributed by atoms with Crippen molar-refractivity contribution in [3.05, 3.63) is 47.9 Å². The quantitative estimate of drug-likeness (QED) is 0.349. The lowest BCUT2D eigenvalue weighted by Gasteiger charge is -2.47. The zero-order valence-corrected chi connectivity index (χ0v) is 21.7. The molecule has 1 aliphatic rings. The van der Waals surface area contributed by atoms with Crippen LogP contribution in [-0.4, -0.2) is 71.8 Å². The second-order valence-corrected chi connectivity index (χ2v) is 10.6. The molecule has 0 spiro atoms. The summed E-state index contributed by atoms with van der Waals surface area (Å²) in [7, 11) is 0. The van der Waals surface area contributed by atoms with Gasteiger partial charge in [0.15, 0.2) is 5.82 Å². The van der Waals surface area contributed by atoms with Gasteiger partial charge in [-0.3, -0.25) is 4.90 Å². The van der Waals surface area contributed by atoms with Crippen LogP contribution in [0.2, 0.25) is 0 Å². The fraction of sp³-hybridized carbons (Fsp3) is 0.423. The molecule has 194 valence electrons. The van der Waals surface area contributed by atoms with Crippen LogP contribution in [0.25, 0.3) is 22.5 Å². The number of rotatable bonds is 5. The number of aromatic nitrogens is 5. The van der Waals surface area contributed by atoms with E-state index in [9.17, 15) is 9.90 Å². The van der Waals surface area contributed by atoms with Crippen LogP contribution in [0.4, 0.5) is 16.6 Å². The third kappa shape index (κ3) is 5.12. The Labute approximate surface area is 214 Å². The van der Waals surface area contributed by atoms with Crippen LogP contribution in [-0.2, 0) is 0 Å². The lowest BCUT2D eigenvalue weighted by Crippen LogP contribution is -2.59. The number of carboxylic acid groups (broad SMARTS) is 1. The Morgan fingerprint density at radius 3 is 2.73 bits per heavy atom. The summed E-state index contributed by atoms with van der Waals surface area (Å²) in [5.41, 5.74) is 3.39. The number of fused-ring (bicyclic) bond motifs is 1. The Hall–Kier alpha value is -3.99. The molecule has 0 radical (unpaired) electrons. The summed E-state index contributed by atoms with van der Waals surface area (Å²) in [6.07, 6.45) is 0.925.